The molecule has 7 heteroatoms. The average molecular weight is 288 g/mol. The molecule has 2 aromatic rings. The smallest absolute Gasteiger partial charge is 0.303 e. The Kier molecular flexibility index (Phi) is 3.64. The van der Waals surface area contributed by atoms with Crippen molar-refractivity contribution >= 4 is 5.97 Å². The first-order chi connectivity index (χ1) is 10.2. The Hall–Kier alpha value is -2.31. The SMILES string of the molecule is O=C(O)CC1(Cc2nc(-c3ccncn3)no2)CCCC1. The Labute approximate surface area is 121 Å². The lowest BCUT2D eigenvalue weighted by Crippen LogP contribution is -2.23. The highest BCUT2D eigenvalue weighted by atomic mass is 16.5. The summed E-state index contributed by atoms with van der Waals surface area (Å²) in [6, 6.07) is 1.71. The van der Waals surface area contributed by atoms with Gasteiger partial charge < -0.3 is 9.63 Å². The van der Waals surface area contributed by atoms with Gasteiger partial charge in [-0.25, -0.2) is 9.97 Å². The van der Waals surface area contributed by atoms with Gasteiger partial charge in [0.2, 0.25) is 11.7 Å². The second-order valence-corrected chi connectivity index (χ2v) is 5.56. The van der Waals surface area contributed by atoms with Gasteiger partial charge >= 0.3 is 5.97 Å². The Balaban J connectivity index is 1.78. The number of hydrogen-bond donors (Lipinski definition) is 1. The fourth-order valence-corrected chi connectivity index (χ4v) is 3.04. The minimum atomic E-state index is -0.771. The third-order valence-corrected chi connectivity index (χ3v) is 4.00. The molecule has 0 saturated heterocycles. The largest absolute Gasteiger partial charge is 0.481 e. The predicted molar refractivity (Wildman–Crippen MR) is 72.2 cm³/mol. The van der Waals surface area contributed by atoms with E-state index in [4.69, 9.17) is 9.63 Å². The van der Waals surface area contributed by atoms with Crippen LogP contribution in [0.4, 0.5) is 0 Å². The van der Waals surface area contributed by atoms with E-state index in [0.717, 1.165) is 25.7 Å². The molecule has 0 aliphatic heterocycles. The molecule has 7 nitrogen and oxygen atoms in total. The standard InChI is InChI=1S/C14H16N4O3/c19-12(20)8-14(4-1-2-5-14)7-11-17-13(18-21-11)10-3-6-15-9-16-10/h3,6,9H,1-2,4-5,7-8H2,(H,19,20). The molecule has 1 aliphatic carbocycles. The zero-order chi connectivity index (χ0) is 14.7. The minimum absolute atomic E-state index is 0.151. The summed E-state index contributed by atoms with van der Waals surface area (Å²) in [4.78, 5) is 23.3. The highest BCUT2D eigenvalue weighted by Gasteiger charge is 2.38. The highest BCUT2D eigenvalue weighted by Crippen LogP contribution is 2.43. The lowest BCUT2D eigenvalue weighted by molar-refractivity contribution is -0.139. The zero-order valence-corrected chi connectivity index (χ0v) is 11.5. The van der Waals surface area contributed by atoms with Gasteiger partial charge in [0, 0.05) is 12.6 Å². The summed E-state index contributed by atoms with van der Waals surface area (Å²) in [5.41, 5.74) is 0.347. The normalized spacial score (nSPS) is 17.0. The van der Waals surface area contributed by atoms with E-state index in [1.54, 1.807) is 12.3 Å². The first kappa shape index (κ1) is 13.7. The molecular formula is C14H16N4O3. The fraction of sp³-hybridized carbons (Fsp3) is 0.500. The summed E-state index contributed by atoms with van der Waals surface area (Å²) in [6.07, 6.45) is 7.60. The van der Waals surface area contributed by atoms with Crippen molar-refractivity contribution in [1.29, 1.82) is 0 Å². The number of aromatic nitrogens is 4. The van der Waals surface area contributed by atoms with Crippen LogP contribution < -0.4 is 0 Å². The predicted octanol–water partition coefficient (Wildman–Crippen LogP) is 2.10. The van der Waals surface area contributed by atoms with E-state index in [-0.39, 0.29) is 11.8 Å². The second-order valence-electron chi connectivity index (χ2n) is 5.56. The van der Waals surface area contributed by atoms with Gasteiger partial charge in [-0.1, -0.05) is 18.0 Å². The molecule has 21 heavy (non-hydrogen) atoms. The van der Waals surface area contributed by atoms with Crippen LogP contribution in [-0.4, -0.2) is 31.2 Å². The van der Waals surface area contributed by atoms with E-state index in [9.17, 15) is 4.79 Å². The van der Waals surface area contributed by atoms with Gasteiger partial charge in [-0.05, 0) is 24.3 Å². The summed E-state index contributed by atoms with van der Waals surface area (Å²) >= 11 is 0. The van der Waals surface area contributed by atoms with Gasteiger partial charge in [0.05, 0.1) is 6.42 Å². The first-order valence-electron chi connectivity index (χ1n) is 6.98. The topological polar surface area (TPSA) is 102 Å². The molecule has 1 N–H and O–H groups in total. The summed E-state index contributed by atoms with van der Waals surface area (Å²) in [6.45, 7) is 0. The van der Waals surface area contributed by atoms with Crippen LogP contribution in [0.1, 0.15) is 38.0 Å². The Morgan fingerprint density at radius 3 is 2.86 bits per heavy atom. The number of hydrogen-bond acceptors (Lipinski definition) is 6. The van der Waals surface area contributed by atoms with Crippen LogP contribution in [0, 0.1) is 5.41 Å². The molecule has 0 atom stereocenters. The van der Waals surface area contributed by atoms with Crippen LogP contribution in [0.25, 0.3) is 11.5 Å². The molecule has 2 heterocycles. The number of nitrogens with zero attached hydrogens (tertiary/aromatic N) is 4. The molecule has 0 radical (unpaired) electrons. The Morgan fingerprint density at radius 1 is 1.38 bits per heavy atom. The van der Waals surface area contributed by atoms with Crippen molar-refractivity contribution < 1.29 is 14.4 Å². The third-order valence-electron chi connectivity index (χ3n) is 4.00. The van der Waals surface area contributed by atoms with Crippen molar-refractivity contribution in [3.05, 3.63) is 24.5 Å². The Bertz CT molecular complexity index is 620. The lowest BCUT2D eigenvalue weighted by atomic mass is 9.79. The lowest BCUT2D eigenvalue weighted by Gasteiger charge is -2.24. The summed E-state index contributed by atoms with van der Waals surface area (Å²) in [7, 11) is 0. The van der Waals surface area contributed by atoms with Crippen LogP contribution in [0.3, 0.4) is 0 Å². The number of aliphatic carboxylic acids is 1. The van der Waals surface area contributed by atoms with E-state index < -0.39 is 5.97 Å². The van der Waals surface area contributed by atoms with E-state index in [1.165, 1.54) is 6.33 Å². The maximum Gasteiger partial charge on any atom is 0.303 e. The minimum Gasteiger partial charge on any atom is -0.481 e. The van der Waals surface area contributed by atoms with Gasteiger partial charge in [-0.2, -0.15) is 4.98 Å². The highest BCUT2D eigenvalue weighted by molar-refractivity contribution is 5.67. The molecular weight excluding hydrogens is 272 g/mol. The molecule has 110 valence electrons. The van der Waals surface area contributed by atoms with Crippen molar-refractivity contribution in [3.8, 4) is 11.5 Å². The molecule has 0 bridgehead atoms. The van der Waals surface area contributed by atoms with Crippen molar-refractivity contribution in [2.45, 2.75) is 38.5 Å². The van der Waals surface area contributed by atoms with Gasteiger partial charge in [0.1, 0.15) is 12.0 Å². The van der Waals surface area contributed by atoms with E-state index >= 15 is 0 Å². The molecule has 0 spiro atoms. The average Bonchev–Trinajstić information content (AvgIpc) is 3.09. The molecule has 1 aliphatic rings. The third kappa shape index (κ3) is 3.07. The van der Waals surface area contributed by atoms with Crippen LogP contribution in [-0.2, 0) is 11.2 Å². The van der Waals surface area contributed by atoms with Crippen molar-refractivity contribution in [1.82, 2.24) is 20.1 Å². The maximum atomic E-state index is 11.1. The number of carboxylic acids is 1. The second kappa shape index (κ2) is 5.59. The van der Waals surface area contributed by atoms with E-state index in [2.05, 4.69) is 20.1 Å². The molecule has 1 saturated carbocycles. The molecule has 0 unspecified atom stereocenters. The Morgan fingerprint density at radius 2 is 2.19 bits per heavy atom. The van der Waals surface area contributed by atoms with Crippen molar-refractivity contribution in [3.63, 3.8) is 0 Å². The van der Waals surface area contributed by atoms with Gasteiger partial charge in [-0.15, -0.1) is 0 Å². The molecule has 0 amide bonds. The number of carboxylic acid groups (broad SMARTS) is 1. The van der Waals surface area contributed by atoms with E-state index in [1.807, 2.05) is 0 Å². The van der Waals surface area contributed by atoms with Crippen LogP contribution in [0.5, 0.6) is 0 Å². The van der Waals surface area contributed by atoms with Gasteiger partial charge in [0.15, 0.2) is 0 Å². The van der Waals surface area contributed by atoms with Crippen LogP contribution in [0.2, 0.25) is 0 Å². The monoisotopic (exact) mass is 288 g/mol. The summed E-state index contributed by atoms with van der Waals surface area (Å²) in [5, 5.41) is 13.0. The number of carbonyl (C=O) groups is 1. The molecule has 3 rings (SSSR count). The van der Waals surface area contributed by atoms with Crippen molar-refractivity contribution in [2.75, 3.05) is 0 Å². The van der Waals surface area contributed by atoms with Crippen LogP contribution in [0.15, 0.2) is 23.1 Å². The molecule has 1 fully saturated rings. The van der Waals surface area contributed by atoms with E-state index in [0.29, 0.717) is 23.8 Å². The molecule has 2 aromatic heterocycles. The maximum absolute atomic E-state index is 11.1. The number of rotatable bonds is 5. The fourth-order valence-electron chi connectivity index (χ4n) is 3.04. The summed E-state index contributed by atoms with van der Waals surface area (Å²) in [5.74, 6) is 0.120. The van der Waals surface area contributed by atoms with Crippen molar-refractivity contribution in [2.24, 2.45) is 5.41 Å². The van der Waals surface area contributed by atoms with Crippen LogP contribution >= 0.6 is 0 Å². The summed E-state index contributed by atoms with van der Waals surface area (Å²) < 4.78 is 5.27. The van der Waals surface area contributed by atoms with Gasteiger partial charge in [0.25, 0.3) is 0 Å². The quantitative estimate of drug-likeness (QED) is 0.898. The molecule has 0 aromatic carbocycles. The first-order valence-corrected chi connectivity index (χ1v) is 6.98. The zero-order valence-electron chi connectivity index (χ0n) is 11.5. The van der Waals surface area contributed by atoms with Gasteiger partial charge in [-0.3, -0.25) is 4.79 Å².